The summed E-state index contributed by atoms with van der Waals surface area (Å²) in [5.41, 5.74) is 0. The highest BCUT2D eigenvalue weighted by Crippen LogP contribution is 2.16. The third-order valence-electron chi connectivity index (χ3n) is 3.07. The molecule has 4 heteroatoms. The topological polar surface area (TPSA) is 46.2 Å². The van der Waals surface area contributed by atoms with E-state index in [1.807, 2.05) is 0 Å². The highest BCUT2D eigenvalue weighted by atomic mass is 32.2. The number of hydrogen-bond donors (Lipinski definition) is 1. The van der Waals surface area contributed by atoms with Crippen LogP contribution in [0.2, 0.25) is 0 Å². The maximum atomic E-state index is 11.6. The Hall–Kier alpha value is -0.0900. The molecule has 3 nitrogen and oxygen atoms in total. The second kappa shape index (κ2) is 8.92. The van der Waals surface area contributed by atoms with Crippen molar-refractivity contribution in [2.75, 3.05) is 24.6 Å². The van der Waals surface area contributed by atoms with E-state index in [4.69, 9.17) is 0 Å². The van der Waals surface area contributed by atoms with Gasteiger partial charge in [0.2, 0.25) is 0 Å². The third-order valence-corrected chi connectivity index (χ3v) is 4.80. The summed E-state index contributed by atoms with van der Waals surface area (Å²) in [7, 11) is -2.82. The largest absolute Gasteiger partial charge is 0.316 e. The predicted octanol–water partition coefficient (Wildman–Crippen LogP) is 2.72. The lowest BCUT2D eigenvalue weighted by atomic mass is 9.94. The van der Waals surface area contributed by atoms with Gasteiger partial charge in [-0.25, -0.2) is 8.42 Å². The average molecular weight is 277 g/mol. The summed E-state index contributed by atoms with van der Waals surface area (Å²) < 4.78 is 23.1. The highest BCUT2D eigenvalue weighted by Gasteiger charge is 2.15. The molecule has 0 fully saturated rings. The van der Waals surface area contributed by atoms with Gasteiger partial charge in [0.15, 0.2) is 0 Å². The minimum Gasteiger partial charge on any atom is -0.316 e. The predicted molar refractivity (Wildman–Crippen MR) is 79.6 cm³/mol. The van der Waals surface area contributed by atoms with Crippen LogP contribution >= 0.6 is 0 Å². The molecule has 0 saturated heterocycles. The molecule has 1 atom stereocenters. The molecule has 0 heterocycles. The number of nitrogens with one attached hydrogen (secondary N) is 1. The monoisotopic (exact) mass is 277 g/mol. The molecule has 0 radical (unpaired) electrons. The first-order chi connectivity index (χ1) is 8.26. The van der Waals surface area contributed by atoms with Crippen molar-refractivity contribution in [3.63, 3.8) is 0 Å². The van der Waals surface area contributed by atoms with Crippen LogP contribution < -0.4 is 5.32 Å². The highest BCUT2D eigenvalue weighted by molar-refractivity contribution is 7.91. The molecule has 0 amide bonds. The Labute approximate surface area is 114 Å². The van der Waals surface area contributed by atoms with Gasteiger partial charge in [-0.3, -0.25) is 0 Å². The van der Waals surface area contributed by atoms with Crippen molar-refractivity contribution in [1.82, 2.24) is 5.32 Å². The average Bonchev–Trinajstić information content (AvgIpc) is 2.24. The van der Waals surface area contributed by atoms with E-state index in [0.29, 0.717) is 23.5 Å². The molecule has 0 bridgehead atoms. The Balaban J connectivity index is 4.14. The van der Waals surface area contributed by atoms with Crippen molar-refractivity contribution in [2.24, 2.45) is 17.8 Å². The van der Waals surface area contributed by atoms with Crippen LogP contribution in [-0.4, -0.2) is 33.0 Å². The standard InChI is InChI=1S/C14H31NO2S/c1-6-18(16,17)8-7-14(9-12(2)3)11-15-10-13(4)5/h12-15H,6-11H2,1-5H3. The van der Waals surface area contributed by atoms with Crippen LogP contribution in [0.1, 0.15) is 47.5 Å². The van der Waals surface area contributed by atoms with Gasteiger partial charge in [0.1, 0.15) is 9.84 Å². The van der Waals surface area contributed by atoms with Crippen LogP contribution in [0.5, 0.6) is 0 Å². The molecule has 0 aliphatic carbocycles. The summed E-state index contributed by atoms with van der Waals surface area (Å²) in [6, 6.07) is 0. The summed E-state index contributed by atoms with van der Waals surface area (Å²) >= 11 is 0. The molecule has 0 saturated carbocycles. The third kappa shape index (κ3) is 9.89. The van der Waals surface area contributed by atoms with Crippen molar-refractivity contribution in [3.8, 4) is 0 Å². The van der Waals surface area contributed by atoms with Gasteiger partial charge in [0.05, 0.1) is 5.75 Å². The van der Waals surface area contributed by atoms with Gasteiger partial charge in [-0.15, -0.1) is 0 Å². The van der Waals surface area contributed by atoms with Gasteiger partial charge in [-0.2, -0.15) is 0 Å². The minimum absolute atomic E-state index is 0.265. The van der Waals surface area contributed by atoms with Crippen molar-refractivity contribution < 1.29 is 8.42 Å². The van der Waals surface area contributed by atoms with Crippen molar-refractivity contribution in [2.45, 2.75) is 47.5 Å². The van der Waals surface area contributed by atoms with Crippen molar-refractivity contribution in [1.29, 1.82) is 0 Å². The molecular formula is C14H31NO2S. The molecule has 0 aromatic rings. The first-order valence-electron chi connectivity index (χ1n) is 7.18. The molecule has 110 valence electrons. The van der Waals surface area contributed by atoms with E-state index < -0.39 is 9.84 Å². The molecular weight excluding hydrogens is 246 g/mol. The fraction of sp³-hybridized carbons (Fsp3) is 1.00. The maximum Gasteiger partial charge on any atom is 0.150 e. The lowest BCUT2D eigenvalue weighted by Gasteiger charge is -2.20. The minimum atomic E-state index is -2.82. The Morgan fingerprint density at radius 1 is 1.00 bits per heavy atom. The summed E-state index contributed by atoms with van der Waals surface area (Å²) in [6.07, 6.45) is 1.89. The normalized spacial score (nSPS) is 14.4. The molecule has 18 heavy (non-hydrogen) atoms. The lowest BCUT2D eigenvalue weighted by Crippen LogP contribution is -2.28. The summed E-state index contributed by atoms with van der Waals surface area (Å²) in [5.74, 6) is 2.35. The van der Waals surface area contributed by atoms with Crippen LogP contribution in [0, 0.1) is 17.8 Å². The molecule has 0 aromatic heterocycles. The quantitative estimate of drug-likeness (QED) is 0.668. The Kier molecular flexibility index (Phi) is 8.87. The molecule has 1 unspecified atom stereocenters. The van der Waals surface area contributed by atoms with E-state index in [9.17, 15) is 8.42 Å². The van der Waals surface area contributed by atoms with Crippen LogP contribution in [-0.2, 0) is 9.84 Å². The van der Waals surface area contributed by atoms with Crippen LogP contribution in [0.3, 0.4) is 0 Å². The van der Waals surface area contributed by atoms with Gasteiger partial charge in [0.25, 0.3) is 0 Å². The van der Waals surface area contributed by atoms with Gasteiger partial charge >= 0.3 is 0 Å². The molecule has 0 aromatic carbocycles. The Morgan fingerprint density at radius 3 is 2.06 bits per heavy atom. The van der Waals surface area contributed by atoms with E-state index in [1.54, 1.807) is 6.92 Å². The van der Waals surface area contributed by atoms with E-state index >= 15 is 0 Å². The Bertz CT molecular complexity index is 297. The maximum absolute atomic E-state index is 11.6. The first kappa shape index (κ1) is 17.9. The number of sulfone groups is 1. The van der Waals surface area contributed by atoms with Gasteiger partial charge in [0, 0.05) is 5.75 Å². The second-order valence-electron chi connectivity index (χ2n) is 6.07. The SMILES string of the molecule is CCS(=O)(=O)CCC(CNCC(C)C)CC(C)C. The zero-order chi connectivity index (χ0) is 14.2. The van der Waals surface area contributed by atoms with Crippen LogP contribution in [0.4, 0.5) is 0 Å². The van der Waals surface area contributed by atoms with Gasteiger partial charge in [-0.05, 0) is 43.7 Å². The van der Waals surface area contributed by atoms with Crippen molar-refractivity contribution in [3.05, 3.63) is 0 Å². The van der Waals surface area contributed by atoms with Gasteiger partial charge in [-0.1, -0.05) is 34.6 Å². The zero-order valence-corrected chi connectivity index (χ0v) is 13.5. The second-order valence-corrected chi connectivity index (χ2v) is 8.55. The summed E-state index contributed by atoms with van der Waals surface area (Å²) in [4.78, 5) is 0. The Morgan fingerprint density at radius 2 is 1.61 bits per heavy atom. The van der Waals surface area contributed by atoms with Crippen LogP contribution in [0.15, 0.2) is 0 Å². The summed E-state index contributed by atoms with van der Waals surface area (Å²) in [6.45, 7) is 12.4. The molecule has 0 rings (SSSR count). The zero-order valence-electron chi connectivity index (χ0n) is 12.7. The van der Waals surface area contributed by atoms with E-state index in [2.05, 4.69) is 33.0 Å². The van der Waals surface area contributed by atoms with E-state index in [0.717, 1.165) is 25.9 Å². The van der Waals surface area contributed by atoms with Crippen LogP contribution in [0.25, 0.3) is 0 Å². The lowest BCUT2D eigenvalue weighted by molar-refractivity contribution is 0.369. The first-order valence-corrected chi connectivity index (χ1v) is 9.00. The molecule has 1 N–H and O–H groups in total. The molecule has 0 aliphatic rings. The number of hydrogen-bond acceptors (Lipinski definition) is 3. The number of rotatable bonds is 10. The van der Waals surface area contributed by atoms with Crippen molar-refractivity contribution >= 4 is 9.84 Å². The smallest absolute Gasteiger partial charge is 0.150 e. The fourth-order valence-corrected chi connectivity index (χ4v) is 3.02. The summed E-state index contributed by atoms with van der Waals surface area (Å²) in [5, 5.41) is 3.45. The molecule has 0 spiro atoms. The fourth-order valence-electron chi connectivity index (χ4n) is 2.04. The van der Waals surface area contributed by atoms with Gasteiger partial charge < -0.3 is 5.32 Å². The molecule has 0 aliphatic heterocycles. The van der Waals surface area contributed by atoms with E-state index in [-0.39, 0.29) is 5.75 Å². The van der Waals surface area contributed by atoms with E-state index in [1.165, 1.54) is 0 Å².